The third-order valence-electron chi connectivity index (χ3n) is 1.11. The number of ether oxygens (including phenoxy) is 1. The summed E-state index contributed by atoms with van der Waals surface area (Å²) in [5.41, 5.74) is 0. The minimum absolute atomic E-state index is 0. The molecule has 0 aromatic heterocycles. The van der Waals surface area contributed by atoms with E-state index < -0.39 is 0 Å². The van der Waals surface area contributed by atoms with Crippen molar-refractivity contribution < 1.29 is 9.53 Å². The van der Waals surface area contributed by atoms with Crippen LogP contribution in [0.1, 0.15) is 19.8 Å². The summed E-state index contributed by atoms with van der Waals surface area (Å²) in [6.07, 6.45) is 1.38. The predicted molar refractivity (Wildman–Crippen MR) is 47.0 cm³/mol. The summed E-state index contributed by atoms with van der Waals surface area (Å²) in [5.74, 6) is -0.0993. The maximum absolute atomic E-state index is 10.7. The van der Waals surface area contributed by atoms with Crippen molar-refractivity contribution in [2.45, 2.75) is 19.8 Å². The molecule has 0 rings (SSSR count). The molecule has 68 valence electrons. The van der Waals surface area contributed by atoms with Crippen LogP contribution in [0.15, 0.2) is 0 Å². The minimum Gasteiger partial charge on any atom is -0.466 e. The smallest absolute Gasteiger partial charge is 0.305 e. The maximum atomic E-state index is 10.7. The molecule has 0 aliphatic carbocycles. The average Bonchev–Trinajstić information content (AvgIpc) is 1.89. The number of carbonyl (C=O) groups excluding carboxylic acids is 1. The highest BCUT2D eigenvalue weighted by Gasteiger charge is 1.98. The standard InChI is InChI=1S/C7H15NO2.ClH/c1-3-10-7(9)5-4-6-8-2;/h8H,3-6H2,1-2H3;1H. The average molecular weight is 182 g/mol. The molecule has 0 atom stereocenters. The third-order valence-corrected chi connectivity index (χ3v) is 1.11. The van der Waals surface area contributed by atoms with Gasteiger partial charge in [0.2, 0.25) is 0 Å². The first-order chi connectivity index (χ1) is 4.81. The van der Waals surface area contributed by atoms with E-state index in [4.69, 9.17) is 4.74 Å². The van der Waals surface area contributed by atoms with Crippen molar-refractivity contribution in [3.63, 3.8) is 0 Å². The van der Waals surface area contributed by atoms with E-state index in [0.29, 0.717) is 13.0 Å². The number of esters is 1. The Morgan fingerprint density at radius 1 is 1.55 bits per heavy atom. The Bertz CT molecular complexity index is 98.4. The first kappa shape index (κ1) is 13.3. The summed E-state index contributed by atoms with van der Waals surface area (Å²) in [6, 6.07) is 0. The van der Waals surface area contributed by atoms with E-state index in [1.807, 2.05) is 14.0 Å². The second-order valence-corrected chi connectivity index (χ2v) is 2.01. The zero-order valence-corrected chi connectivity index (χ0v) is 7.87. The lowest BCUT2D eigenvalue weighted by Crippen LogP contribution is -2.11. The van der Waals surface area contributed by atoms with E-state index in [1.54, 1.807) is 0 Å². The van der Waals surface area contributed by atoms with Crippen LogP contribution in [-0.2, 0) is 9.53 Å². The van der Waals surface area contributed by atoms with Crippen LogP contribution in [0.3, 0.4) is 0 Å². The Kier molecular flexibility index (Phi) is 11.8. The number of hydrogen-bond acceptors (Lipinski definition) is 3. The zero-order chi connectivity index (χ0) is 7.82. The topological polar surface area (TPSA) is 38.3 Å². The lowest BCUT2D eigenvalue weighted by molar-refractivity contribution is -0.143. The van der Waals surface area contributed by atoms with Crippen LogP contribution >= 0.6 is 12.4 Å². The molecule has 0 radical (unpaired) electrons. The summed E-state index contributed by atoms with van der Waals surface area (Å²) in [7, 11) is 1.87. The van der Waals surface area contributed by atoms with Gasteiger partial charge in [-0.3, -0.25) is 4.79 Å². The quantitative estimate of drug-likeness (QED) is 0.508. The molecule has 0 fully saturated rings. The van der Waals surface area contributed by atoms with Gasteiger partial charge >= 0.3 is 5.97 Å². The van der Waals surface area contributed by atoms with Gasteiger partial charge in [-0.2, -0.15) is 0 Å². The Labute approximate surface area is 73.9 Å². The van der Waals surface area contributed by atoms with E-state index in [-0.39, 0.29) is 18.4 Å². The number of halogens is 1. The van der Waals surface area contributed by atoms with Gasteiger partial charge in [-0.05, 0) is 26.9 Å². The summed E-state index contributed by atoms with van der Waals surface area (Å²) in [4.78, 5) is 10.7. The van der Waals surface area contributed by atoms with Crippen LogP contribution in [-0.4, -0.2) is 26.2 Å². The van der Waals surface area contributed by atoms with Gasteiger partial charge < -0.3 is 10.1 Å². The lowest BCUT2D eigenvalue weighted by Gasteiger charge is -1.99. The molecule has 0 aromatic carbocycles. The molecule has 0 heterocycles. The van der Waals surface area contributed by atoms with Gasteiger partial charge in [0.25, 0.3) is 0 Å². The van der Waals surface area contributed by atoms with Crippen LogP contribution < -0.4 is 5.32 Å². The van der Waals surface area contributed by atoms with Crippen LogP contribution in [0.5, 0.6) is 0 Å². The normalized spacial score (nSPS) is 8.55. The molecule has 0 aromatic rings. The van der Waals surface area contributed by atoms with Crippen LogP contribution in [0.2, 0.25) is 0 Å². The van der Waals surface area contributed by atoms with Crippen molar-refractivity contribution in [2.24, 2.45) is 0 Å². The van der Waals surface area contributed by atoms with Crippen LogP contribution in [0.4, 0.5) is 0 Å². The molecule has 11 heavy (non-hydrogen) atoms. The van der Waals surface area contributed by atoms with E-state index in [9.17, 15) is 4.79 Å². The summed E-state index contributed by atoms with van der Waals surface area (Å²) in [5, 5.41) is 2.96. The molecule has 3 nitrogen and oxygen atoms in total. The molecule has 0 spiro atoms. The first-order valence-electron chi connectivity index (χ1n) is 3.61. The minimum atomic E-state index is -0.0993. The molecule has 0 amide bonds. The van der Waals surface area contributed by atoms with Crippen LogP contribution in [0.25, 0.3) is 0 Å². The van der Waals surface area contributed by atoms with Gasteiger partial charge in [-0.25, -0.2) is 0 Å². The van der Waals surface area contributed by atoms with Gasteiger partial charge in [0.15, 0.2) is 0 Å². The Morgan fingerprint density at radius 2 is 2.18 bits per heavy atom. The Balaban J connectivity index is 0. The molecule has 0 unspecified atom stereocenters. The van der Waals surface area contributed by atoms with Crippen molar-refractivity contribution in [2.75, 3.05) is 20.2 Å². The number of rotatable bonds is 5. The fourth-order valence-electron chi connectivity index (χ4n) is 0.643. The Morgan fingerprint density at radius 3 is 2.64 bits per heavy atom. The predicted octanol–water partition coefficient (Wildman–Crippen LogP) is 0.971. The highest BCUT2D eigenvalue weighted by Crippen LogP contribution is 1.90. The first-order valence-corrected chi connectivity index (χ1v) is 3.61. The number of hydrogen-bond donors (Lipinski definition) is 1. The third kappa shape index (κ3) is 9.72. The highest BCUT2D eigenvalue weighted by molar-refractivity contribution is 5.85. The maximum Gasteiger partial charge on any atom is 0.305 e. The van der Waals surface area contributed by atoms with Gasteiger partial charge in [0.1, 0.15) is 0 Å². The van der Waals surface area contributed by atoms with Crippen molar-refractivity contribution >= 4 is 18.4 Å². The molecule has 0 saturated carbocycles. The molecule has 0 aliphatic heterocycles. The zero-order valence-electron chi connectivity index (χ0n) is 7.05. The van der Waals surface area contributed by atoms with E-state index in [2.05, 4.69) is 5.32 Å². The number of carbonyl (C=O) groups is 1. The van der Waals surface area contributed by atoms with Gasteiger partial charge in [-0.1, -0.05) is 0 Å². The van der Waals surface area contributed by atoms with E-state index in [1.165, 1.54) is 0 Å². The van der Waals surface area contributed by atoms with E-state index in [0.717, 1.165) is 13.0 Å². The second kappa shape index (κ2) is 9.72. The Hall–Kier alpha value is -0.280. The van der Waals surface area contributed by atoms with E-state index >= 15 is 0 Å². The summed E-state index contributed by atoms with van der Waals surface area (Å²) >= 11 is 0. The van der Waals surface area contributed by atoms with Gasteiger partial charge in [0, 0.05) is 6.42 Å². The SMILES string of the molecule is CCOC(=O)CCCNC.Cl. The molecular weight excluding hydrogens is 166 g/mol. The highest BCUT2D eigenvalue weighted by atomic mass is 35.5. The molecular formula is C7H16ClNO2. The largest absolute Gasteiger partial charge is 0.466 e. The summed E-state index contributed by atoms with van der Waals surface area (Å²) < 4.78 is 4.72. The fraction of sp³-hybridized carbons (Fsp3) is 0.857. The molecule has 0 saturated heterocycles. The van der Waals surface area contributed by atoms with Crippen molar-refractivity contribution in [1.82, 2.24) is 5.32 Å². The van der Waals surface area contributed by atoms with Crippen molar-refractivity contribution in [3.05, 3.63) is 0 Å². The van der Waals surface area contributed by atoms with Gasteiger partial charge in [-0.15, -0.1) is 12.4 Å². The number of nitrogens with one attached hydrogen (secondary N) is 1. The van der Waals surface area contributed by atoms with Crippen LogP contribution in [0, 0.1) is 0 Å². The second-order valence-electron chi connectivity index (χ2n) is 2.01. The monoisotopic (exact) mass is 181 g/mol. The molecule has 0 bridgehead atoms. The molecule has 4 heteroatoms. The molecule has 1 N–H and O–H groups in total. The van der Waals surface area contributed by atoms with Crippen molar-refractivity contribution in [3.8, 4) is 0 Å². The fourth-order valence-corrected chi connectivity index (χ4v) is 0.643. The van der Waals surface area contributed by atoms with Crippen molar-refractivity contribution in [1.29, 1.82) is 0 Å². The molecule has 0 aliphatic rings. The van der Waals surface area contributed by atoms with Gasteiger partial charge in [0.05, 0.1) is 6.61 Å². The lowest BCUT2D eigenvalue weighted by atomic mass is 10.3. The summed E-state index contributed by atoms with van der Waals surface area (Å²) in [6.45, 7) is 3.17.